The van der Waals surface area contributed by atoms with E-state index < -0.39 is 0 Å². The van der Waals surface area contributed by atoms with Crippen molar-refractivity contribution in [3.05, 3.63) is 65.4 Å². The molecule has 1 aliphatic carbocycles. The minimum Gasteiger partial charge on any atom is -0.381 e. The number of anilines is 2. The van der Waals surface area contributed by atoms with Crippen molar-refractivity contribution < 1.29 is 9.53 Å². The SMILES string of the molecule is O=C(Cn1cc(-c2cnc(NC3Cc4ccccc4C3)nc2)c(NC2CCOCC2)n1)N1CCc2n[nH]nc2C1. The molecule has 3 aliphatic rings. The molecule has 206 valence electrons. The summed E-state index contributed by atoms with van der Waals surface area (Å²) >= 11 is 0. The summed E-state index contributed by atoms with van der Waals surface area (Å²) in [6, 6.07) is 9.09. The number of rotatable bonds is 7. The van der Waals surface area contributed by atoms with Gasteiger partial charge in [-0.05, 0) is 36.8 Å². The van der Waals surface area contributed by atoms with E-state index in [2.05, 4.69) is 60.3 Å². The van der Waals surface area contributed by atoms with E-state index in [0.717, 1.165) is 67.2 Å². The Hall–Kier alpha value is -4.32. The summed E-state index contributed by atoms with van der Waals surface area (Å²) in [5, 5.41) is 22.9. The van der Waals surface area contributed by atoms with Crippen LogP contribution in [0.2, 0.25) is 0 Å². The molecule has 1 saturated heterocycles. The third kappa shape index (κ3) is 5.14. The van der Waals surface area contributed by atoms with Gasteiger partial charge in [0.15, 0.2) is 5.82 Å². The highest BCUT2D eigenvalue weighted by Gasteiger charge is 2.26. The summed E-state index contributed by atoms with van der Waals surface area (Å²) in [4.78, 5) is 24.2. The van der Waals surface area contributed by atoms with Crippen molar-refractivity contribution in [1.82, 2.24) is 40.1 Å². The van der Waals surface area contributed by atoms with Crippen LogP contribution in [0.25, 0.3) is 11.1 Å². The second-order valence-electron chi connectivity index (χ2n) is 10.7. The van der Waals surface area contributed by atoms with E-state index >= 15 is 0 Å². The molecule has 0 atom stereocenters. The van der Waals surface area contributed by atoms with Gasteiger partial charge in [0.2, 0.25) is 11.9 Å². The maximum atomic E-state index is 13.2. The summed E-state index contributed by atoms with van der Waals surface area (Å²) in [5.41, 5.74) is 6.25. The van der Waals surface area contributed by atoms with Crippen LogP contribution in [0.4, 0.5) is 11.8 Å². The second kappa shape index (κ2) is 10.7. The van der Waals surface area contributed by atoms with Crippen molar-refractivity contribution in [2.75, 3.05) is 30.4 Å². The molecule has 0 bridgehead atoms. The predicted octanol–water partition coefficient (Wildman–Crippen LogP) is 2.21. The van der Waals surface area contributed by atoms with E-state index in [0.29, 0.717) is 25.5 Å². The number of carbonyl (C=O) groups excluding carboxylic acids is 1. The zero-order valence-electron chi connectivity index (χ0n) is 22.2. The molecule has 0 spiro atoms. The third-order valence-electron chi connectivity index (χ3n) is 7.98. The maximum absolute atomic E-state index is 13.2. The highest BCUT2D eigenvalue weighted by Crippen LogP contribution is 2.29. The number of aromatic nitrogens is 7. The summed E-state index contributed by atoms with van der Waals surface area (Å²) in [6.07, 6.45) is 10.0. The van der Waals surface area contributed by atoms with Gasteiger partial charge >= 0.3 is 0 Å². The molecule has 40 heavy (non-hydrogen) atoms. The number of aromatic amines is 1. The highest BCUT2D eigenvalue weighted by molar-refractivity contribution is 5.78. The monoisotopic (exact) mass is 540 g/mol. The van der Waals surface area contributed by atoms with E-state index in [1.807, 2.05) is 23.5 Å². The van der Waals surface area contributed by atoms with Crippen LogP contribution in [0.1, 0.15) is 35.4 Å². The van der Waals surface area contributed by atoms with E-state index in [-0.39, 0.29) is 24.5 Å². The lowest BCUT2D eigenvalue weighted by atomic mass is 10.1. The van der Waals surface area contributed by atoms with Gasteiger partial charge in [-0.25, -0.2) is 9.97 Å². The van der Waals surface area contributed by atoms with Gasteiger partial charge in [0.25, 0.3) is 0 Å². The zero-order valence-corrected chi connectivity index (χ0v) is 22.2. The Morgan fingerprint density at radius 2 is 1.75 bits per heavy atom. The van der Waals surface area contributed by atoms with Gasteiger partial charge in [-0.2, -0.15) is 20.5 Å². The molecule has 1 fully saturated rings. The minimum absolute atomic E-state index is 0.00586. The van der Waals surface area contributed by atoms with Crippen molar-refractivity contribution in [3.63, 3.8) is 0 Å². The van der Waals surface area contributed by atoms with E-state index in [1.54, 1.807) is 4.68 Å². The summed E-state index contributed by atoms with van der Waals surface area (Å²) in [5.74, 6) is 1.33. The van der Waals surface area contributed by atoms with Gasteiger partial charge in [-0.3, -0.25) is 9.48 Å². The molecule has 1 amide bonds. The number of fused-ring (bicyclic) bond motifs is 2. The van der Waals surface area contributed by atoms with E-state index in [1.165, 1.54) is 11.1 Å². The lowest BCUT2D eigenvalue weighted by Crippen LogP contribution is -2.38. The number of nitrogens with one attached hydrogen (secondary N) is 3. The number of ether oxygens (including phenoxy) is 1. The normalized spacial score (nSPS) is 17.4. The van der Waals surface area contributed by atoms with Crippen LogP contribution in [0.15, 0.2) is 42.9 Å². The van der Waals surface area contributed by atoms with Crippen LogP contribution in [-0.2, 0) is 41.9 Å². The van der Waals surface area contributed by atoms with Gasteiger partial charge in [0.1, 0.15) is 12.2 Å². The second-order valence-corrected chi connectivity index (χ2v) is 10.7. The van der Waals surface area contributed by atoms with Gasteiger partial charge in [0, 0.05) is 68.0 Å². The zero-order chi connectivity index (χ0) is 26.9. The Balaban J connectivity index is 1.08. The summed E-state index contributed by atoms with van der Waals surface area (Å²) in [7, 11) is 0. The topological polar surface area (TPSA) is 139 Å². The Morgan fingerprint density at radius 1 is 1.00 bits per heavy atom. The molecule has 1 aromatic carbocycles. The molecule has 2 aliphatic heterocycles. The standard InChI is InChI=1S/C28H32N10O2/c39-26(37-8-5-24-25(16-37)34-36-33-24)17-38-15-23(27(35-38)31-21-6-9-40-10-7-21)20-13-29-28(30-14-20)32-22-11-18-3-1-2-4-19(18)12-22/h1-4,13-15,21-22H,5-12,16-17H2,(H,31,35)(H,29,30,32)(H,33,34,36). The Labute approximate surface area is 231 Å². The van der Waals surface area contributed by atoms with Crippen LogP contribution in [0.3, 0.4) is 0 Å². The maximum Gasteiger partial charge on any atom is 0.244 e. The molecular weight excluding hydrogens is 508 g/mol. The van der Waals surface area contributed by atoms with Gasteiger partial charge in [-0.1, -0.05) is 24.3 Å². The first-order valence-corrected chi connectivity index (χ1v) is 13.9. The molecule has 0 unspecified atom stereocenters. The average molecular weight is 541 g/mol. The van der Waals surface area contributed by atoms with Crippen LogP contribution in [-0.4, -0.2) is 77.8 Å². The molecule has 3 N–H and O–H groups in total. The van der Waals surface area contributed by atoms with Crippen molar-refractivity contribution in [3.8, 4) is 11.1 Å². The van der Waals surface area contributed by atoms with Crippen molar-refractivity contribution in [1.29, 1.82) is 0 Å². The largest absolute Gasteiger partial charge is 0.381 e. The van der Waals surface area contributed by atoms with Crippen molar-refractivity contribution in [2.45, 2.75) is 57.3 Å². The van der Waals surface area contributed by atoms with E-state index in [9.17, 15) is 4.79 Å². The molecule has 0 saturated carbocycles. The number of hydrogen-bond donors (Lipinski definition) is 3. The Kier molecular flexibility index (Phi) is 6.60. The molecule has 3 aromatic heterocycles. The number of nitrogens with zero attached hydrogens (tertiary/aromatic N) is 7. The fraction of sp³-hybridized carbons (Fsp3) is 0.429. The summed E-state index contributed by atoms with van der Waals surface area (Å²) < 4.78 is 7.24. The molecule has 4 aromatic rings. The third-order valence-corrected chi connectivity index (χ3v) is 7.98. The summed E-state index contributed by atoms with van der Waals surface area (Å²) in [6.45, 7) is 2.66. The minimum atomic E-state index is -0.00586. The first kappa shape index (κ1) is 24.7. The number of amides is 1. The number of H-pyrrole nitrogens is 1. The predicted molar refractivity (Wildman–Crippen MR) is 147 cm³/mol. The van der Waals surface area contributed by atoms with Crippen LogP contribution < -0.4 is 10.6 Å². The smallest absolute Gasteiger partial charge is 0.244 e. The lowest BCUT2D eigenvalue weighted by Gasteiger charge is -2.25. The van der Waals surface area contributed by atoms with Crippen molar-refractivity contribution >= 4 is 17.7 Å². The Bertz CT molecular complexity index is 1470. The molecule has 12 heteroatoms. The number of benzene rings is 1. The lowest BCUT2D eigenvalue weighted by molar-refractivity contribution is -0.133. The molecular formula is C28H32N10O2. The van der Waals surface area contributed by atoms with Gasteiger partial charge in [0.05, 0.1) is 12.2 Å². The average Bonchev–Trinajstić information content (AvgIpc) is 3.72. The highest BCUT2D eigenvalue weighted by atomic mass is 16.5. The molecule has 0 radical (unpaired) electrons. The molecule has 12 nitrogen and oxygen atoms in total. The van der Waals surface area contributed by atoms with Crippen LogP contribution in [0.5, 0.6) is 0 Å². The molecule has 5 heterocycles. The van der Waals surface area contributed by atoms with Gasteiger partial charge in [-0.15, -0.1) is 0 Å². The first-order valence-electron chi connectivity index (χ1n) is 13.9. The van der Waals surface area contributed by atoms with E-state index in [4.69, 9.17) is 9.84 Å². The first-order chi connectivity index (χ1) is 19.7. The van der Waals surface area contributed by atoms with Crippen molar-refractivity contribution in [2.24, 2.45) is 0 Å². The van der Waals surface area contributed by atoms with Crippen LogP contribution >= 0.6 is 0 Å². The van der Waals surface area contributed by atoms with Gasteiger partial charge < -0.3 is 20.3 Å². The molecule has 7 rings (SSSR count). The quantitative estimate of drug-likeness (QED) is 0.322. The number of carbonyl (C=O) groups is 1. The fourth-order valence-corrected chi connectivity index (χ4v) is 5.79. The Morgan fingerprint density at radius 3 is 2.52 bits per heavy atom. The number of hydrogen-bond acceptors (Lipinski definition) is 9. The van der Waals surface area contributed by atoms with Crippen LogP contribution in [0, 0.1) is 0 Å². The fourth-order valence-electron chi connectivity index (χ4n) is 5.79.